The third kappa shape index (κ3) is 4.81. The Kier molecular flexibility index (Phi) is 6.87. The zero-order valence-electron chi connectivity index (χ0n) is 13.0. The van der Waals surface area contributed by atoms with Crippen molar-refractivity contribution in [1.82, 2.24) is 15.1 Å². The molecule has 110 valence electrons. The van der Waals surface area contributed by atoms with E-state index in [4.69, 9.17) is 11.6 Å². The standard InChI is InChI=1S/C15H28ClN3/c1-6-17-10-13(8-11(3)4)9-14-15(16)12(5)18-19(14)7-2/h11,13,17H,6-10H2,1-5H3. The number of nitrogens with one attached hydrogen (secondary N) is 1. The Morgan fingerprint density at radius 2 is 2.00 bits per heavy atom. The third-order valence-corrected chi connectivity index (χ3v) is 3.91. The van der Waals surface area contributed by atoms with Crippen LogP contribution in [0.2, 0.25) is 5.02 Å². The molecule has 1 aromatic rings. The fraction of sp³-hybridized carbons (Fsp3) is 0.800. The molecule has 0 aromatic carbocycles. The summed E-state index contributed by atoms with van der Waals surface area (Å²) >= 11 is 6.40. The third-order valence-electron chi connectivity index (χ3n) is 3.42. The molecule has 0 amide bonds. The molecule has 0 saturated carbocycles. The molecule has 1 aromatic heterocycles. The number of aryl methyl sites for hydroxylation is 2. The van der Waals surface area contributed by atoms with Crippen molar-refractivity contribution in [2.24, 2.45) is 11.8 Å². The second-order valence-corrected chi connectivity index (χ2v) is 6.05. The predicted molar refractivity (Wildman–Crippen MR) is 82.8 cm³/mol. The van der Waals surface area contributed by atoms with Gasteiger partial charge in [-0.2, -0.15) is 5.10 Å². The SMILES string of the molecule is CCNCC(Cc1c(Cl)c(C)nn1CC)CC(C)C. The number of rotatable bonds is 8. The normalized spacial score (nSPS) is 13.2. The highest BCUT2D eigenvalue weighted by atomic mass is 35.5. The van der Waals surface area contributed by atoms with Crippen molar-refractivity contribution in [3.8, 4) is 0 Å². The van der Waals surface area contributed by atoms with E-state index in [0.29, 0.717) is 11.8 Å². The second-order valence-electron chi connectivity index (χ2n) is 5.67. The van der Waals surface area contributed by atoms with Crippen molar-refractivity contribution in [2.75, 3.05) is 13.1 Å². The summed E-state index contributed by atoms with van der Waals surface area (Å²) in [6, 6.07) is 0. The van der Waals surface area contributed by atoms with Gasteiger partial charge in [-0.1, -0.05) is 32.4 Å². The lowest BCUT2D eigenvalue weighted by Gasteiger charge is -2.20. The van der Waals surface area contributed by atoms with Crippen LogP contribution in [0.3, 0.4) is 0 Å². The largest absolute Gasteiger partial charge is 0.317 e. The lowest BCUT2D eigenvalue weighted by Crippen LogP contribution is -2.26. The van der Waals surface area contributed by atoms with Crippen LogP contribution in [-0.4, -0.2) is 22.9 Å². The summed E-state index contributed by atoms with van der Waals surface area (Å²) in [7, 11) is 0. The summed E-state index contributed by atoms with van der Waals surface area (Å²) in [6.45, 7) is 13.8. The quantitative estimate of drug-likeness (QED) is 0.790. The van der Waals surface area contributed by atoms with E-state index < -0.39 is 0 Å². The molecule has 3 nitrogen and oxygen atoms in total. The summed E-state index contributed by atoms with van der Waals surface area (Å²) in [6.07, 6.45) is 2.23. The second kappa shape index (κ2) is 7.91. The van der Waals surface area contributed by atoms with E-state index in [1.807, 2.05) is 6.92 Å². The van der Waals surface area contributed by atoms with Crippen LogP contribution in [0.4, 0.5) is 0 Å². The van der Waals surface area contributed by atoms with Crippen molar-refractivity contribution >= 4 is 11.6 Å². The first kappa shape index (κ1) is 16.5. The molecule has 0 spiro atoms. The maximum absolute atomic E-state index is 6.40. The fourth-order valence-corrected chi connectivity index (χ4v) is 2.80. The van der Waals surface area contributed by atoms with Crippen LogP contribution >= 0.6 is 11.6 Å². The minimum absolute atomic E-state index is 0.624. The molecule has 4 heteroatoms. The van der Waals surface area contributed by atoms with Gasteiger partial charge in [-0.25, -0.2) is 0 Å². The number of aromatic nitrogens is 2. The van der Waals surface area contributed by atoms with E-state index in [0.717, 1.165) is 36.8 Å². The minimum Gasteiger partial charge on any atom is -0.317 e. The first-order chi connectivity index (χ1) is 8.99. The molecular formula is C15H28ClN3. The molecular weight excluding hydrogens is 258 g/mol. The van der Waals surface area contributed by atoms with Crippen molar-refractivity contribution in [3.63, 3.8) is 0 Å². The van der Waals surface area contributed by atoms with Gasteiger partial charge in [0.1, 0.15) is 0 Å². The van der Waals surface area contributed by atoms with E-state index in [9.17, 15) is 0 Å². The zero-order chi connectivity index (χ0) is 14.4. The van der Waals surface area contributed by atoms with Crippen LogP contribution in [0.1, 0.15) is 45.5 Å². The average Bonchev–Trinajstić information content (AvgIpc) is 2.63. The highest BCUT2D eigenvalue weighted by Crippen LogP contribution is 2.25. The van der Waals surface area contributed by atoms with Gasteiger partial charge in [0.2, 0.25) is 0 Å². The van der Waals surface area contributed by atoms with Crippen LogP contribution in [0, 0.1) is 18.8 Å². The molecule has 1 atom stereocenters. The Hall–Kier alpha value is -0.540. The van der Waals surface area contributed by atoms with Crippen LogP contribution in [0.5, 0.6) is 0 Å². The highest BCUT2D eigenvalue weighted by Gasteiger charge is 2.18. The molecule has 19 heavy (non-hydrogen) atoms. The van der Waals surface area contributed by atoms with Gasteiger partial charge in [-0.15, -0.1) is 0 Å². The molecule has 0 aliphatic heterocycles. The minimum atomic E-state index is 0.624. The van der Waals surface area contributed by atoms with Gasteiger partial charge in [0.25, 0.3) is 0 Å². The number of halogens is 1. The van der Waals surface area contributed by atoms with Crippen LogP contribution in [-0.2, 0) is 13.0 Å². The Morgan fingerprint density at radius 3 is 2.53 bits per heavy atom. The van der Waals surface area contributed by atoms with Gasteiger partial charge in [0, 0.05) is 6.54 Å². The topological polar surface area (TPSA) is 29.9 Å². The monoisotopic (exact) mass is 285 g/mol. The van der Waals surface area contributed by atoms with Gasteiger partial charge < -0.3 is 5.32 Å². The molecule has 1 heterocycles. The summed E-state index contributed by atoms with van der Waals surface area (Å²) < 4.78 is 2.05. The van der Waals surface area contributed by atoms with Crippen molar-refractivity contribution in [2.45, 2.75) is 54.0 Å². The van der Waals surface area contributed by atoms with Gasteiger partial charge in [0.05, 0.1) is 16.4 Å². The Bertz CT molecular complexity index is 385. The Morgan fingerprint density at radius 1 is 1.32 bits per heavy atom. The van der Waals surface area contributed by atoms with Crippen LogP contribution in [0.15, 0.2) is 0 Å². The van der Waals surface area contributed by atoms with Gasteiger partial charge in [-0.3, -0.25) is 4.68 Å². The molecule has 0 saturated heterocycles. The number of hydrogen-bond acceptors (Lipinski definition) is 2. The van der Waals surface area contributed by atoms with E-state index in [-0.39, 0.29) is 0 Å². The Labute approximate surface area is 122 Å². The predicted octanol–water partition coefficient (Wildman–Crippen LogP) is 3.68. The number of hydrogen-bond donors (Lipinski definition) is 1. The van der Waals surface area contributed by atoms with Crippen LogP contribution < -0.4 is 5.32 Å². The molecule has 0 fully saturated rings. The lowest BCUT2D eigenvalue weighted by atomic mass is 9.92. The molecule has 1 N–H and O–H groups in total. The molecule has 0 bridgehead atoms. The molecule has 1 unspecified atom stereocenters. The van der Waals surface area contributed by atoms with E-state index in [1.165, 1.54) is 12.1 Å². The first-order valence-electron chi connectivity index (χ1n) is 7.41. The first-order valence-corrected chi connectivity index (χ1v) is 7.79. The van der Waals surface area contributed by atoms with E-state index in [2.05, 4.69) is 42.8 Å². The summed E-state index contributed by atoms with van der Waals surface area (Å²) in [5.74, 6) is 1.33. The smallest absolute Gasteiger partial charge is 0.0847 e. The lowest BCUT2D eigenvalue weighted by molar-refractivity contribution is 0.379. The average molecular weight is 286 g/mol. The maximum Gasteiger partial charge on any atom is 0.0847 e. The van der Waals surface area contributed by atoms with Gasteiger partial charge >= 0.3 is 0 Å². The van der Waals surface area contributed by atoms with E-state index in [1.54, 1.807) is 0 Å². The van der Waals surface area contributed by atoms with Crippen molar-refractivity contribution in [1.29, 1.82) is 0 Å². The van der Waals surface area contributed by atoms with Gasteiger partial charge in [0.15, 0.2) is 0 Å². The summed E-state index contributed by atoms with van der Waals surface area (Å²) in [5.41, 5.74) is 2.15. The maximum atomic E-state index is 6.40. The van der Waals surface area contributed by atoms with Gasteiger partial charge in [-0.05, 0) is 51.6 Å². The molecule has 0 aliphatic carbocycles. The molecule has 0 radical (unpaired) electrons. The summed E-state index contributed by atoms with van der Waals surface area (Å²) in [5, 5.41) is 8.82. The van der Waals surface area contributed by atoms with Crippen molar-refractivity contribution in [3.05, 3.63) is 16.4 Å². The van der Waals surface area contributed by atoms with Crippen molar-refractivity contribution < 1.29 is 0 Å². The highest BCUT2D eigenvalue weighted by molar-refractivity contribution is 6.31. The summed E-state index contributed by atoms with van der Waals surface area (Å²) in [4.78, 5) is 0. The van der Waals surface area contributed by atoms with Crippen LogP contribution in [0.25, 0.3) is 0 Å². The Balaban J connectivity index is 2.82. The molecule has 1 rings (SSSR count). The van der Waals surface area contributed by atoms with E-state index >= 15 is 0 Å². The molecule has 0 aliphatic rings. The fourth-order valence-electron chi connectivity index (χ4n) is 2.59. The number of nitrogens with zero attached hydrogens (tertiary/aromatic N) is 2. The zero-order valence-corrected chi connectivity index (χ0v) is 13.7.